The minimum atomic E-state index is -4.44. The third kappa shape index (κ3) is 4.53. The molecule has 140 valence electrons. The summed E-state index contributed by atoms with van der Waals surface area (Å²) in [7, 11) is 1.38. The van der Waals surface area contributed by atoms with E-state index in [1.807, 2.05) is 0 Å². The molecule has 1 N–H and O–H groups in total. The zero-order valence-electron chi connectivity index (χ0n) is 14.6. The van der Waals surface area contributed by atoms with E-state index in [1.165, 1.54) is 25.3 Å². The minimum Gasteiger partial charge on any atom is -0.497 e. The molecule has 0 aliphatic carbocycles. The number of hydrogen-bond donors (Lipinski definition) is 1. The Balaban J connectivity index is 2.14. The smallest absolute Gasteiger partial charge is 0.416 e. The summed E-state index contributed by atoms with van der Waals surface area (Å²) in [5.74, 6) is -1.10. The summed E-state index contributed by atoms with van der Waals surface area (Å²) in [6.45, 7) is 3.44. The molecule has 0 aliphatic heterocycles. The van der Waals surface area contributed by atoms with E-state index in [1.54, 1.807) is 19.9 Å². The number of rotatable bonds is 5. The summed E-state index contributed by atoms with van der Waals surface area (Å²) < 4.78 is 57.5. The molecule has 0 spiro atoms. The highest BCUT2D eigenvalue weighted by Crippen LogP contribution is 2.32. The normalized spacial score (nSPS) is 12.0. The molecular formula is C19H19F4NO2. The molecule has 2 aromatic rings. The van der Waals surface area contributed by atoms with Gasteiger partial charge in [-0.3, -0.25) is 4.79 Å². The second kappa shape index (κ2) is 7.35. The highest BCUT2D eigenvalue weighted by molar-refractivity contribution is 5.94. The van der Waals surface area contributed by atoms with Crippen molar-refractivity contribution in [2.45, 2.75) is 25.4 Å². The molecule has 26 heavy (non-hydrogen) atoms. The molecule has 0 saturated heterocycles. The van der Waals surface area contributed by atoms with Crippen molar-refractivity contribution in [2.75, 3.05) is 13.7 Å². The molecule has 3 nitrogen and oxygen atoms in total. The van der Waals surface area contributed by atoms with Crippen molar-refractivity contribution in [3.63, 3.8) is 0 Å². The van der Waals surface area contributed by atoms with Gasteiger partial charge in [0.1, 0.15) is 11.6 Å². The summed E-state index contributed by atoms with van der Waals surface area (Å²) in [5, 5.41) is 2.57. The van der Waals surface area contributed by atoms with E-state index >= 15 is 0 Å². The maximum Gasteiger partial charge on any atom is 0.416 e. The molecule has 7 heteroatoms. The molecule has 0 heterocycles. The number of carbonyl (C=O) groups excluding carboxylic acids is 1. The Hall–Kier alpha value is -2.57. The molecule has 0 atom stereocenters. The lowest BCUT2D eigenvalue weighted by Crippen LogP contribution is -2.37. The monoisotopic (exact) mass is 369 g/mol. The van der Waals surface area contributed by atoms with Gasteiger partial charge >= 0.3 is 6.18 Å². The third-order valence-corrected chi connectivity index (χ3v) is 4.08. The molecule has 0 bridgehead atoms. The molecule has 2 aromatic carbocycles. The van der Waals surface area contributed by atoms with E-state index in [0.717, 1.165) is 18.2 Å². The van der Waals surface area contributed by atoms with Gasteiger partial charge in [-0.05, 0) is 23.8 Å². The van der Waals surface area contributed by atoms with Crippen LogP contribution in [0.5, 0.6) is 5.75 Å². The van der Waals surface area contributed by atoms with Crippen LogP contribution < -0.4 is 10.1 Å². The van der Waals surface area contributed by atoms with Crippen LogP contribution in [0.2, 0.25) is 0 Å². The first-order chi connectivity index (χ1) is 12.0. The Labute approximate surface area is 149 Å². The fraction of sp³-hybridized carbons (Fsp3) is 0.316. The Kier molecular flexibility index (Phi) is 5.59. The van der Waals surface area contributed by atoms with Crippen molar-refractivity contribution in [3.05, 3.63) is 65.0 Å². The maximum absolute atomic E-state index is 13.9. The van der Waals surface area contributed by atoms with Crippen molar-refractivity contribution < 1.29 is 27.1 Å². The predicted molar refractivity (Wildman–Crippen MR) is 89.8 cm³/mol. The first-order valence-electron chi connectivity index (χ1n) is 7.84. The second-order valence-corrected chi connectivity index (χ2v) is 6.49. The van der Waals surface area contributed by atoms with E-state index in [-0.39, 0.29) is 17.9 Å². The lowest BCUT2D eigenvalue weighted by molar-refractivity contribution is -0.137. The van der Waals surface area contributed by atoms with E-state index in [4.69, 9.17) is 4.74 Å². The number of hydrogen-bond acceptors (Lipinski definition) is 2. The number of alkyl halides is 3. The van der Waals surface area contributed by atoms with E-state index in [0.29, 0.717) is 5.56 Å². The van der Waals surface area contributed by atoms with Crippen LogP contribution in [0.4, 0.5) is 17.6 Å². The van der Waals surface area contributed by atoms with Crippen molar-refractivity contribution in [1.82, 2.24) is 5.32 Å². The van der Waals surface area contributed by atoms with Crippen molar-refractivity contribution >= 4 is 5.91 Å². The van der Waals surface area contributed by atoms with Crippen LogP contribution in [-0.4, -0.2) is 19.6 Å². The van der Waals surface area contributed by atoms with E-state index in [9.17, 15) is 22.4 Å². The van der Waals surface area contributed by atoms with Crippen LogP contribution in [0, 0.1) is 5.82 Å². The first-order valence-corrected chi connectivity index (χ1v) is 7.84. The molecule has 0 fully saturated rings. The molecular weight excluding hydrogens is 350 g/mol. The van der Waals surface area contributed by atoms with E-state index < -0.39 is 28.9 Å². The Morgan fingerprint density at radius 3 is 2.31 bits per heavy atom. The third-order valence-electron chi connectivity index (χ3n) is 4.08. The van der Waals surface area contributed by atoms with Crippen molar-refractivity contribution in [3.8, 4) is 5.75 Å². The van der Waals surface area contributed by atoms with Crippen molar-refractivity contribution in [1.29, 1.82) is 0 Å². The highest BCUT2D eigenvalue weighted by atomic mass is 19.4. The second-order valence-electron chi connectivity index (χ2n) is 6.49. The number of nitrogens with one attached hydrogen (secondary N) is 1. The van der Waals surface area contributed by atoms with E-state index in [2.05, 4.69) is 5.32 Å². The van der Waals surface area contributed by atoms with Gasteiger partial charge in [-0.25, -0.2) is 4.39 Å². The molecule has 0 saturated carbocycles. The summed E-state index contributed by atoms with van der Waals surface area (Å²) in [6.07, 6.45) is -4.44. The Bertz CT molecular complexity index is 800. The fourth-order valence-electron chi connectivity index (χ4n) is 2.42. The van der Waals surface area contributed by atoms with Crippen LogP contribution in [0.1, 0.15) is 35.3 Å². The van der Waals surface area contributed by atoms with Gasteiger partial charge in [0, 0.05) is 18.0 Å². The van der Waals surface area contributed by atoms with Gasteiger partial charge in [0.2, 0.25) is 0 Å². The number of ether oxygens (including phenoxy) is 1. The molecule has 1 amide bonds. The molecule has 0 aromatic heterocycles. The number of halogens is 4. The Morgan fingerprint density at radius 2 is 1.73 bits per heavy atom. The van der Waals surface area contributed by atoms with Crippen molar-refractivity contribution in [2.24, 2.45) is 0 Å². The summed E-state index contributed by atoms with van der Waals surface area (Å²) in [6, 6.07) is 8.77. The lowest BCUT2D eigenvalue weighted by Gasteiger charge is -2.26. The molecule has 0 radical (unpaired) electrons. The van der Waals surface area contributed by atoms with Crippen LogP contribution in [-0.2, 0) is 11.6 Å². The Morgan fingerprint density at radius 1 is 1.08 bits per heavy atom. The predicted octanol–water partition coefficient (Wildman–Crippen LogP) is 4.56. The zero-order chi connectivity index (χ0) is 19.5. The lowest BCUT2D eigenvalue weighted by atomic mass is 9.83. The molecule has 2 rings (SSSR count). The van der Waals surface area contributed by atoms with Gasteiger partial charge in [-0.2, -0.15) is 13.2 Å². The summed E-state index contributed by atoms with van der Waals surface area (Å²) in [5.41, 5.74) is -1.27. The quantitative estimate of drug-likeness (QED) is 0.785. The number of carbonyl (C=O) groups is 1. The topological polar surface area (TPSA) is 38.3 Å². The van der Waals surface area contributed by atoms with Crippen LogP contribution >= 0.6 is 0 Å². The molecule has 0 unspecified atom stereocenters. The SMILES string of the molecule is COc1ccc(C(=O)NCC(C)(C)c2cccc(C(F)(F)F)c2)c(F)c1. The largest absolute Gasteiger partial charge is 0.497 e. The average Bonchev–Trinajstić information content (AvgIpc) is 2.59. The van der Waals surface area contributed by atoms with Crippen LogP contribution in [0.15, 0.2) is 42.5 Å². The van der Waals surface area contributed by atoms with Gasteiger partial charge in [0.15, 0.2) is 0 Å². The van der Waals surface area contributed by atoms with Gasteiger partial charge in [-0.15, -0.1) is 0 Å². The first kappa shape index (κ1) is 19.8. The van der Waals surface area contributed by atoms with Crippen LogP contribution in [0.25, 0.3) is 0 Å². The highest BCUT2D eigenvalue weighted by Gasteiger charge is 2.32. The van der Waals surface area contributed by atoms with Crippen LogP contribution in [0.3, 0.4) is 0 Å². The van der Waals surface area contributed by atoms with Gasteiger partial charge in [-0.1, -0.05) is 32.0 Å². The average molecular weight is 369 g/mol. The number of amides is 1. The summed E-state index contributed by atoms with van der Waals surface area (Å²) in [4.78, 5) is 12.2. The summed E-state index contributed by atoms with van der Waals surface area (Å²) >= 11 is 0. The van der Waals surface area contributed by atoms with Gasteiger partial charge < -0.3 is 10.1 Å². The standard InChI is InChI=1S/C19H19F4NO2/c1-18(2,12-5-4-6-13(9-12)19(21,22)23)11-24-17(25)15-8-7-14(26-3)10-16(15)20/h4-10H,11H2,1-3H3,(H,24,25). The van der Waals surface area contributed by atoms with Gasteiger partial charge in [0.05, 0.1) is 18.2 Å². The fourth-order valence-corrected chi connectivity index (χ4v) is 2.42. The van der Waals surface area contributed by atoms with Gasteiger partial charge in [0.25, 0.3) is 5.91 Å². The molecule has 0 aliphatic rings. The minimum absolute atomic E-state index is 0.0403. The maximum atomic E-state index is 13.9. The number of methoxy groups -OCH3 is 1. The number of benzene rings is 2. The zero-order valence-corrected chi connectivity index (χ0v) is 14.6.